The van der Waals surface area contributed by atoms with Crippen LogP contribution in [0.4, 0.5) is 14.7 Å². The standard InChI is InChI=1S/C17H16F2N6/c18-10-1-6-15-21-8-14(25(15)9-10)16-13(19)7-22-17(24-16)23-12-4-2-11(20)3-5-12/h1,6-9,11H,2-5,20H2. The van der Waals surface area contributed by atoms with Crippen molar-refractivity contribution in [2.45, 2.75) is 31.7 Å². The van der Waals surface area contributed by atoms with Gasteiger partial charge in [-0.3, -0.25) is 4.40 Å². The number of aromatic nitrogens is 4. The first kappa shape index (κ1) is 15.8. The molecule has 25 heavy (non-hydrogen) atoms. The summed E-state index contributed by atoms with van der Waals surface area (Å²) in [5.41, 5.74) is 7.74. The van der Waals surface area contributed by atoms with Crippen LogP contribution in [0.2, 0.25) is 0 Å². The summed E-state index contributed by atoms with van der Waals surface area (Å²) in [7, 11) is 0. The second-order valence-corrected chi connectivity index (χ2v) is 6.10. The first-order valence-corrected chi connectivity index (χ1v) is 8.08. The van der Waals surface area contributed by atoms with E-state index in [4.69, 9.17) is 5.73 Å². The van der Waals surface area contributed by atoms with Crippen molar-refractivity contribution in [3.8, 4) is 11.4 Å². The number of hydrogen-bond acceptors (Lipinski definition) is 5. The molecule has 0 amide bonds. The Bertz CT molecular complexity index is 955. The van der Waals surface area contributed by atoms with E-state index in [2.05, 4.69) is 19.9 Å². The lowest BCUT2D eigenvalue weighted by molar-refractivity contribution is 0.558. The second kappa shape index (κ2) is 6.29. The van der Waals surface area contributed by atoms with Crippen molar-refractivity contribution in [3.63, 3.8) is 0 Å². The summed E-state index contributed by atoms with van der Waals surface area (Å²) < 4.78 is 29.2. The molecular weight excluding hydrogens is 326 g/mol. The molecule has 2 N–H and O–H groups in total. The largest absolute Gasteiger partial charge is 0.328 e. The van der Waals surface area contributed by atoms with Crippen LogP contribution in [0.3, 0.4) is 0 Å². The summed E-state index contributed by atoms with van der Waals surface area (Å²) >= 11 is 0. The monoisotopic (exact) mass is 342 g/mol. The maximum Gasteiger partial charge on any atom is 0.250 e. The molecule has 0 spiro atoms. The van der Waals surface area contributed by atoms with Gasteiger partial charge >= 0.3 is 0 Å². The van der Waals surface area contributed by atoms with Gasteiger partial charge in [0, 0.05) is 18.0 Å². The number of rotatable bonds is 2. The van der Waals surface area contributed by atoms with Crippen molar-refractivity contribution in [1.82, 2.24) is 19.4 Å². The zero-order valence-electron chi connectivity index (χ0n) is 13.4. The molecule has 3 aromatic heterocycles. The van der Waals surface area contributed by atoms with E-state index < -0.39 is 11.6 Å². The van der Waals surface area contributed by atoms with Crippen molar-refractivity contribution >= 4 is 17.3 Å². The van der Waals surface area contributed by atoms with E-state index in [-0.39, 0.29) is 17.7 Å². The average molecular weight is 342 g/mol. The molecule has 0 unspecified atom stereocenters. The molecule has 0 saturated heterocycles. The molecule has 6 nitrogen and oxygen atoms in total. The van der Waals surface area contributed by atoms with Crippen LogP contribution in [-0.4, -0.2) is 31.1 Å². The Hall–Kier alpha value is -2.74. The molecule has 0 radical (unpaired) electrons. The van der Waals surface area contributed by atoms with Crippen LogP contribution in [0.25, 0.3) is 17.0 Å². The first-order valence-electron chi connectivity index (χ1n) is 8.08. The minimum atomic E-state index is -0.610. The number of fused-ring (bicyclic) bond motifs is 1. The van der Waals surface area contributed by atoms with Gasteiger partial charge in [-0.1, -0.05) is 0 Å². The Morgan fingerprint density at radius 2 is 1.92 bits per heavy atom. The molecule has 8 heteroatoms. The van der Waals surface area contributed by atoms with Crippen LogP contribution in [0, 0.1) is 11.6 Å². The third kappa shape index (κ3) is 3.12. The second-order valence-electron chi connectivity index (χ2n) is 6.10. The molecule has 1 aliphatic rings. The first-order chi connectivity index (χ1) is 12.1. The van der Waals surface area contributed by atoms with Gasteiger partial charge in [0.1, 0.15) is 17.2 Å². The summed E-state index contributed by atoms with van der Waals surface area (Å²) in [4.78, 5) is 16.8. The topological polar surface area (TPSA) is 81.5 Å². The molecule has 1 saturated carbocycles. The van der Waals surface area contributed by atoms with Gasteiger partial charge in [0.25, 0.3) is 0 Å². The average Bonchev–Trinajstić information content (AvgIpc) is 3.01. The molecule has 0 aromatic carbocycles. The van der Waals surface area contributed by atoms with Gasteiger partial charge in [-0.2, -0.15) is 0 Å². The van der Waals surface area contributed by atoms with Crippen LogP contribution >= 0.6 is 0 Å². The zero-order valence-corrected chi connectivity index (χ0v) is 13.4. The fourth-order valence-corrected chi connectivity index (χ4v) is 2.95. The van der Waals surface area contributed by atoms with Crippen molar-refractivity contribution in [3.05, 3.63) is 42.4 Å². The van der Waals surface area contributed by atoms with E-state index in [9.17, 15) is 8.78 Å². The van der Waals surface area contributed by atoms with Crippen LogP contribution in [0.1, 0.15) is 25.7 Å². The number of aliphatic imine (C=N–C) groups is 1. The van der Waals surface area contributed by atoms with Gasteiger partial charge < -0.3 is 5.73 Å². The highest BCUT2D eigenvalue weighted by Crippen LogP contribution is 2.24. The Morgan fingerprint density at radius 3 is 2.72 bits per heavy atom. The van der Waals surface area contributed by atoms with E-state index in [1.807, 2.05) is 0 Å². The van der Waals surface area contributed by atoms with Crippen molar-refractivity contribution in [2.75, 3.05) is 0 Å². The predicted molar refractivity (Wildman–Crippen MR) is 89.7 cm³/mol. The summed E-state index contributed by atoms with van der Waals surface area (Å²) in [6.45, 7) is 0. The quantitative estimate of drug-likeness (QED) is 0.776. The highest BCUT2D eigenvalue weighted by molar-refractivity contribution is 5.87. The maximum atomic E-state index is 14.3. The number of halogens is 2. The highest BCUT2D eigenvalue weighted by atomic mass is 19.1. The molecule has 4 rings (SSSR count). The Morgan fingerprint density at radius 1 is 1.12 bits per heavy atom. The smallest absolute Gasteiger partial charge is 0.250 e. The Labute approximate surface area is 142 Å². The van der Waals surface area contributed by atoms with Gasteiger partial charge in [0.15, 0.2) is 5.82 Å². The van der Waals surface area contributed by atoms with Crippen molar-refractivity contribution in [2.24, 2.45) is 10.7 Å². The minimum Gasteiger partial charge on any atom is -0.328 e. The van der Waals surface area contributed by atoms with E-state index in [0.717, 1.165) is 37.6 Å². The lowest BCUT2D eigenvalue weighted by Crippen LogP contribution is -2.26. The molecule has 0 bridgehead atoms. The van der Waals surface area contributed by atoms with Gasteiger partial charge in [-0.25, -0.2) is 28.7 Å². The van der Waals surface area contributed by atoms with E-state index in [1.165, 1.54) is 28.9 Å². The third-order valence-corrected chi connectivity index (χ3v) is 4.31. The van der Waals surface area contributed by atoms with Gasteiger partial charge in [0.2, 0.25) is 5.95 Å². The van der Waals surface area contributed by atoms with E-state index >= 15 is 0 Å². The molecule has 0 atom stereocenters. The number of pyridine rings is 1. The number of nitrogens with zero attached hydrogens (tertiary/aromatic N) is 5. The van der Waals surface area contributed by atoms with Crippen molar-refractivity contribution < 1.29 is 8.78 Å². The minimum absolute atomic E-state index is 0.0416. The van der Waals surface area contributed by atoms with Crippen LogP contribution in [-0.2, 0) is 0 Å². The third-order valence-electron chi connectivity index (χ3n) is 4.31. The van der Waals surface area contributed by atoms with E-state index in [1.54, 1.807) is 0 Å². The van der Waals surface area contributed by atoms with Crippen LogP contribution < -0.4 is 5.73 Å². The summed E-state index contributed by atoms with van der Waals surface area (Å²) in [6.07, 6.45) is 7.11. The van der Waals surface area contributed by atoms with Crippen LogP contribution in [0.15, 0.2) is 35.7 Å². The number of nitrogens with two attached hydrogens (primary N) is 1. The molecular formula is C17H16F2N6. The highest BCUT2D eigenvalue weighted by Gasteiger charge is 2.17. The Kier molecular flexibility index (Phi) is 3.96. The summed E-state index contributed by atoms with van der Waals surface area (Å²) in [5.74, 6) is -0.867. The summed E-state index contributed by atoms with van der Waals surface area (Å²) in [5, 5.41) is 0. The lowest BCUT2D eigenvalue weighted by Gasteiger charge is -2.18. The van der Waals surface area contributed by atoms with Gasteiger partial charge in [-0.05, 0) is 37.8 Å². The summed E-state index contributed by atoms with van der Waals surface area (Å²) in [6, 6.07) is 3.02. The lowest BCUT2D eigenvalue weighted by atomic mass is 9.94. The molecule has 3 heterocycles. The normalized spacial score (nSPS) is 17.9. The SMILES string of the molecule is NC1CCC(=Nc2ncc(F)c(-c3cnc4ccc(F)cn34)n2)CC1. The Balaban J connectivity index is 1.75. The van der Waals surface area contributed by atoms with Crippen LogP contribution in [0.5, 0.6) is 0 Å². The molecule has 1 fully saturated rings. The fraction of sp³-hybridized carbons (Fsp3) is 0.294. The van der Waals surface area contributed by atoms with E-state index in [0.29, 0.717) is 11.3 Å². The van der Waals surface area contributed by atoms with Gasteiger partial charge in [-0.15, -0.1) is 0 Å². The van der Waals surface area contributed by atoms with Crippen molar-refractivity contribution in [1.29, 1.82) is 0 Å². The number of imidazole rings is 1. The van der Waals surface area contributed by atoms with Gasteiger partial charge in [0.05, 0.1) is 18.1 Å². The fourth-order valence-electron chi connectivity index (χ4n) is 2.95. The molecule has 3 aromatic rings. The zero-order chi connectivity index (χ0) is 17.4. The molecule has 128 valence electrons. The maximum absolute atomic E-state index is 14.3. The predicted octanol–water partition coefficient (Wildman–Crippen LogP) is 3.04. The molecule has 1 aliphatic carbocycles. The number of hydrogen-bond donors (Lipinski definition) is 1. The molecule has 0 aliphatic heterocycles.